The Balaban J connectivity index is 1.32. The highest BCUT2D eigenvalue weighted by Gasteiger charge is 2.35. The summed E-state index contributed by atoms with van der Waals surface area (Å²) in [6.07, 6.45) is 1.46. The summed E-state index contributed by atoms with van der Waals surface area (Å²) >= 11 is 0.758. The molecular weight excluding hydrogens is 538 g/mol. The highest BCUT2D eigenvalue weighted by molar-refractivity contribution is 8.18. The lowest BCUT2D eigenvalue weighted by Crippen LogP contribution is -2.32. The first-order valence-corrected chi connectivity index (χ1v) is 12.7. The largest absolute Gasteiger partial charge is 0.491 e. The summed E-state index contributed by atoms with van der Waals surface area (Å²) in [6, 6.07) is 22.8. The molecule has 4 aromatic carbocycles. The minimum atomic E-state index is -0.781. The summed E-state index contributed by atoms with van der Waals surface area (Å²) in [5.74, 6) is 0.0837. The average molecular weight is 558 g/mol. The first-order chi connectivity index (χ1) is 19.3. The summed E-state index contributed by atoms with van der Waals surface area (Å²) in [4.78, 5) is 47.9. The van der Waals surface area contributed by atoms with Crippen LogP contribution in [-0.2, 0) is 4.79 Å². The second kappa shape index (κ2) is 11.3. The number of hydrogen-bond acceptors (Lipinski definition) is 9. The highest BCUT2D eigenvalue weighted by atomic mass is 32.2. The first kappa shape index (κ1) is 26.4. The van der Waals surface area contributed by atoms with Crippen molar-refractivity contribution in [3.63, 3.8) is 0 Å². The molecule has 0 bridgehead atoms. The van der Waals surface area contributed by atoms with E-state index in [9.17, 15) is 29.8 Å². The monoisotopic (exact) mass is 557 g/mol. The Bertz CT molecular complexity index is 1700. The molecule has 0 N–H and O–H groups in total. The van der Waals surface area contributed by atoms with Gasteiger partial charge in [-0.05, 0) is 41.4 Å². The quantitative estimate of drug-likeness (QED) is 0.127. The second-order valence-electron chi connectivity index (χ2n) is 8.47. The summed E-state index contributed by atoms with van der Waals surface area (Å²) < 4.78 is 11.6. The summed E-state index contributed by atoms with van der Waals surface area (Å²) in [6.45, 7) is 0.140. The van der Waals surface area contributed by atoms with Crippen molar-refractivity contribution < 1.29 is 28.9 Å². The van der Waals surface area contributed by atoms with Crippen molar-refractivity contribution in [3.8, 4) is 17.2 Å². The molecule has 1 aliphatic heterocycles. The topological polar surface area (TPSA) is 142 Å². The molecular formula is C28H19N3O8S. The van der Waals surface area contributed by atoms with E-state index in [2.05, 4.69) is 0 Å². The fraction of sp³-hybridized carbons (Fsp3) is 0.0714. The number of nitrogens with zero attached hydrogens (tertiary/aromatic N) is 3. The van der Waals surface area contributed by atoms with Crippen LogP contribution in [0.2, 0.25) is 0 Å². The van der Waals surface area contributed by atoms with Crippen molar-refractivity contribution in [1.29, 1.82) is 0 Å². The maximum Gasteiger partial charge on any atom is 0.318 e. The maximum absolute atomic E-state index is 13.1. The standard InChI is InChI=1S/C28H19N3O8S/c32-27-26(40-28(33)29(27)14-15-38-24-11-5-8-18-6-1-3-9-21(18)24)16-19-7-2-4-10-23(19)39-25-13-12-20(30(34)35)17-22(25)31(36)37/h1-13,16-17H,14-15H2/b26-16-. The van der Waals surface area contributed by atoms with Crippen molar-refractivity contribution in [3.05, 3.63) is 116 Å². The normalized spacial score (nSPS) is 14.1. The van der Waals surface area contributed by atoms with Crippen molar-refractivity contribution in [2.24, 2.45) is 0 Å². The van der Waals surface area contributed by atoms with Gasteiger partial charge in [0.1, 0.15) is 18.1 Å². The molecule has 2 amide bonds. The molecule has 1 heterocycles. The third-order valence-corrected chi connectivity index (χ3v) is 6.88. The molecule has 0 spiro atoms. The van der Waals surface area contributed by atoms with E-state index in [1.165, 1.54) is 12.1 Å². The number of para-hydroxylation sites is 1. The molecule has 0 aliphatic carbocycles. The zero-order chi connectivity index (χ0) is 28.2. The van der Waals surface area contributed by atoms with Gasteiger partial charge in [0, 0.05) is 17.0 Å². The number of hydrogen-bond donors (Lipinski definition) is 0. The lowest BCUT2D eigenvalue weighted by molar-refractivity contribution is -0.394. The molecule has 0 atom stereocenters. The van der Waals surface area contributed by atoms with Gasteiger partial charge in [0.15, 0.2) is 0 Å². The smallest absolute Gasteiger partial charge is 0.318 e. The number of nitro benzene ring substituents is 2. The molecule has 4 aromatic rings. The third-order valence-electron chi connectivity index (χ3n) is 5.97. The lowest BCUT2D eigenvalue weighted by Gasteiger charge is -2.14. The number of nitro groups is 2. The van der Waals surface area contributed by atoms with Crippen LogP contribution < -0.4 is 9.47 Å². The lowest BCUT2D eigenvalue weighted by atomic mass is 10.1. The predicted octanol–water partition coefficient (Wildman–Crippen LogP) is 6.56. The van der Waals surface area contributed by atoms with Gasteiger partial charge in [-0.15, -0.1) is 0 Å². The Hall–Kier alpha value is -5.23. The third kappa shape index (κ3) is 5.47. The van der Waals surface area contributed by atoms with Gasteiger partial charge >= 0.3 is 5.69 Å². The number of imide groups is 1. The van der Waals surface area contributed by atoms with Crippen LogP contribution in [0.25, 0.3) is 16.8 Å². The summed E-state index contributed by atoms with van der Waals surface area (Å²) in [7, 11) is 0. The summed E-state index contributed by atoms with van der Waals surface area (Å²) in [5.41, 5.74) is -0.659. The minimum Gasteiger partial charge on any atom is -0.491 e. The number of carbonyl (C=O) groups excluding carboxylic acids is 2. The molecule has 1 fully saturated rings. The van der Waals surface area contributed by atoms with Gasteiger partial charge < -0.3 is 9.47 Å². The van der Waals surface area contributed by atoms with Crippen molar-refractivity contribution >= 4 is 51.1 Å². The molecule has 1 aliphatic rings. The SMILES string of the molecule is O=C1S/C(=C\c2ccccc2Oc2ccc([N+](=O)[O-])cc2[N+](=O)[O-])C(=O)N1CCOc1cccc2ccccc12. The van der Waals surface area contributed by atoms with E-state index < -0.39 is 32.4 Å². The van der Waals surface area contributed by atoms with E-state index in [4.69, 9.17) is 9.47 Å². The van der Waals surface area contributed by atoms with Crippen molar-refractivity contribution in [1.82, 2.24) is 4.90 Å². The van der Waals surface area contributed by atoms with Gasteiger partial charge in [-0.2, -0.15) is 0 Å². The van der Waals surface area contributed by atoms with Gasteiger partial charge in [-0.1, -0.05) is 54.6 Å². The molecule has 200 valence electrons. The van der Waals surface area contributed by atoms with E-state index in [1.54, 1.807) is 18.2 Å². The Morgan fingerprint density at radius 1 is 0.825 bits per heavy atom. The molecule has 0 aromatic heterocycles. The molecule has 0 saturated carbocycles. The van der Waals surface area contributed by atoms with Crippen LogP contribution in [0.4, 0.5) is 16.2 Å². The van der Waals surface area contributed by atoms with Gasteiger partial charge in [0.25, 0.3) is 16.8 Å². The number of ether oxygens (including phenoxy) is 2. The fourth-order valence-electron chi connectivity index (χ4n) is 4.06. The minimum absolute atomic E-state index is 0.0400. The van der Waals surface area contributed by atoms with Gasteiger partial charge in [0.05, 0.1) is 27.4 Å². The zero-order valence-electron chi connectivity index (χ0n) is 20.6. The first-order valence-electron chi connectivity index (χ1n) is 11.9. The number of amides is 2. The molecule has 1 saturated heterocycles. The molecule has 11 nitrogen and oxygen atoms in total. The number of carbonyl (C=O) groups is 2. The van der Waals surface area contributed by atoms with Gasteiger partial charge in [-0.3, -0.25) is 34.7 Å². The number of fused-ring (bicyclic) bond motifs is 1. The number of thioether (sulfide) groups is 1. The van der Waals surface area contributed by atoms with Crippen LogP contribution in [0.1, 0.15) is 5.56 Å². The van der Waals surface area contributed by atoms with Gasteiger partial charge in [-0.25, -0.2) is 0 Å². The number of non-ortho nitro benzene ring substituents is 1. The second-order valence-corrected chi connectivity index (χ2v) is 9.46. The molecule has 0 radical (unpaired) electrons. The molecule has 5 rings (SSSR count). The van der Waals surface area contributed by atoms with E-state index in [0.717, 1.165) is 45.6 Å². The van der Waals surface area contributed by atoms with Crippen LogP contribution in [0.5, 0.6) is 17.2 Å². The van der Waals surface area contributed by atoms with Crippen LogP contribution in [0, 0.1) is 20.2 Å². The maximum atomic E-state index is 13.1. The van der Waals surface area contributed by atoms with Crippen LogP contribution in [-0.4, -0.2) is 39.0 Å². The van der Waals surface area contributed by atoms with Crippen LogP contribution >= 0.6 is 11.8 Å². The van der Waals surface area contributed by atoms with Crippen LogP contribution in [0.15, 0.2) is 89.8 Å². The van der Waals surface area contributed by atoms with E-state index in [-0.39, 0.29) is 29.6 Å². The molecule has 12 heteroatoms. The Morgan fingerprint density at radius 2 is 1.55 bits per heavy atom. The molecule has 40 heavy (non-hydrogen) atoms. The van der Waals surface area contributed by atoms with E-state index in [1.807, 2.05) is 42.5 Å². The van der Waals surface area contributed by atoms with Crippen molar-refractivity contribution in [2.45, 2.75) is 0 Å². The number of benzene rings is 4. The number of rotatable bonds is 9. The fourth-order valence-corrected chi connectivity index (χ4v) is 4.92. The zero-order valence-corrected chi connectivity index (χ0v) is 21.4. The Labute approximate surface area is 230 Å². The molecule has 0 unspecified atom stereocenters. The van der Waals surface area contributed by atoms with Crippen molar-refractivity contribution in [2.75, 3.05) is 13.2 Å². The Kier molecular flexibility index (Phi) is 7.42. The average Bonchev–Trinajstić information content (AvgIpc) is 3.21. The predicted molar refractivity (Wildman–Crippen MR) is 148 cm³/mol. The Morgan fingerprint density at radius 3 is 2.35 bits per heavy atom. The highest BCUT2D eigenvalue weighted by Crippen LogP contribution is 2.38. The summed E-state index contributed by atoms with van der Waals surface area (Å²) in [5, 5.41) is 24.0. The van der Waals surface area contributed by atoms with Gasteiger partial charge in [0.2, 0.25) is 5.75 Å². The van der Waals surface area contributed by atoms with E-state index in [0.29, 0.717) is 11.3 Å². The van der Waals surface area contributed by atoms with Crippen LogP contribution in [0.3, 0.4) is 0 Å². The van der Waals surface area contributed by atoms with E-state index >= 15 is 0 Å².